The van der Waals surface area contributed by atoms with E-state index in [1.165, 1.54) is 0 Å². The maximum absolute atomic E-state index is 12.6. The van der Waals surface area contributed by atoms with Crippen LogP contribution in [0.3, 0.4) is 0 Å². The minimum atomic E-state index is -0.941. The van der Waals surface area contributed by atoms with Gasteiger partial charge < -0.3 is 15.2 Å². The van der Waals surface area contributed by atoms with Gasteiger partial charge in [0.15, 0.2) is 6.10 Å². The Balaban J connectivity index is 2.96. The lowest BCUT2D eigenvalue weighted by Crippen LogP contribution is -2.52. The number of carboxylic acids is 1. The quantitative estimate of drug-likeness (QED) is 0.774. The second kappa shape index (κ2) is 7.94. The van der Waals surface area contributed by atoms with E-state index in [9.17, 15) is 9.59 Å². The van der Waals surface area contributed by atoms with E-state index < -0.39 is 17.6 Å². The smallest absolute Gasteiger partial charge is 0.305 e. The fourth-order valence-corrected chi connectivity index (χ4v) is 2.17. The first-order valence-electron chi connectivity index (χ1n) is 7.50. The third-order valence-corrected chi connectivity index (χ3v) is 3.88. The number of rotatable bonds is 8. The van der Waals surface area contributed by atoms with Gasteiger partial charge in [-0.15, -0.1) is 0 Å². The van der Waals surface area contributed by atoms with E-state index in [0.29, 0.717) is 6.61 Å². The summed E-state index contributed by atoms with van der Waals surface area (Å²) in [5, 5.41) is 12.0. The largest absolute Gasteiger partial charge is 0.481 e. The minimum Gasteiger partial charge on any atom is -0.481 e. The molecule has 0 radical (unpaired) electrons. The summed E-state index contributed by atoms with van der Waals surface area (Å²) in [6.07, 6.45) is -0.873. The molecule has 0 bridgehead atoms. The van der Waals surface area contributed by atoms with Crippen molar-refractivity contribution in [1.29, 1.82) is 0 Å². The molecular formula is C17H25NO4. The van der Waals surface area contributed by atoms with E-state index in [1.807, 2.05) is 51.1 Å². The van der Waals surface area contributed by atoms with Crippen LogP contribution >= 0.6 is 0 Å². The summed E-state index contributed by atoms with van der Waals surface area (Å²) in [5.74, 6) is -1.28. The Morgan fingerprint density at radius 3 is 2.32 bits per heavy atom. The Morgan fingerprint density at radius 1 is 1.27 bits per heavy atom. The van der Waals surface area contributed by atoms with Crippen molar-refractivity contribution in [2.75, 3.05) is 6.61 Å². The molecule has 0 aliphatic carbocycles. The van der Waals surface area contributed by atoms with Crippen molar-refractivity contribution in [3.05, 3.63) is 35.9 Å². The van der Waals surface area contributed by atoms with Crippen LogP contribution in [0, 0.1) is 5.92 Å². The number of nitrogens with one attached hydrogen (secondary N) is 1. The average molecular weight is 307 g/mol. The molecule has 0 aliphatic rings. The zero-order chi connectivity index (χ0) is 16.8. The van der Waals surface area contributed by atoms with E-state index in [-0.39, 0.29) is 18.2 Å². The topological polar surface area (TPSA) is 75.6 Å². The van der Waals surface area contributed by atoms with E-state index >= 15 is 0 Å². The summed E-state index contributed by atoms with van der Waals surface area (Å²) in [7, 11) is 0. The molecule has 5 nitrogen and oxygen atoms in total. The predicted molar refractivity (Wildman–Crippen MR) is 84.4 cm³/mol. The lowest BCUT2D eigenvalue weighted by atomic mass is 9.85. The molecule has 122 valence electrons. The van der Waals surface area contributed by atoms with Gasteiger partial charge in [-0.3, -0.25) is 9.59 Å². The molecule has 0 saturated heterocycles. The van der Waals surface area contributed by atoms with Gasteiger partial charge in [0, 0.05) is 6.61 Å². The van der Waals surface area contributed by atoms with Gasteiger partial charge in [-0.1, -0.05) is 44.2 Å². The van der Waals surface area contributed by atoms with Gasteiger partial charge in [0.1, 0.15) is 0 Å². The summed E-state index contributed by atoms with van der Waals surface area (Å²) in [4.78, 5) is 23.7. The lowest BCUT2D eigenvalue weighted by Gasteiger charge is -2.35. The van der Waals surface area contributed by atoms with Gasteiger partial charge in [0.05, 0.1) is 12.0 Å². The molecule has 1 aromatic rings. The van der Waals surface area contributed by atoms with Crippen LogP contribution in [0.25, 0.3) is 0 Å². The van der Waals surface area contributed by atoms with Crippen molar-refractivity contribution in [3.63, 3.8) is 0 Å². The third-order valence-electron chi connectivity index (χ3n) is 3.88. The first-order chi connectivity index (χ1) is 10.3. The molecule has 0 fully saturated rings. The van der Waals surface area contributed by atoms with Crippen molar-refractivity contribution in [2.24, 2.45) is 5.92 Å². The lowest BCUT2D eigenvalue weighted by molar-refractivity contribution is -0.141. The molecule has 1 rings (SSSR count). The first-order valence-corrected chi connectivity index (χ1v) is 7.50. The zero-order valence-electron chi connectivity index (χ0n) is 13.6. The molecule has 0 aliphatic heterocycles. The Morgan fingerprint density at radius 2 is 1.86 bits per heavy atom. The van der Waals surface area contributed by atoms with Crippen LogP contribution in [0.15, 0.2) is 30.3 Å². The van der Waals surface area contributed by atoms with Crippen molar-refractivity contribution in [2.45, 2.75) is 45.8 Å². The molecule has 0 saturated carbocycles. The first kappa shape index (κ1) is 18.2. The Bertz CT molecular complexity index is 501. The number of benzene rings is 1. The van der Waals surface area contributed by atoms with Crippen molar-refractivity contribution < 1.29 is 19.4 Å². The highest BCUT2D eigenvalue weighted by molar-refractivity contribution is 5.83. The van der Waals surface area contributed by atoms with Crippen molar-refractivity contribution >= 4 is 11.9 Å². The number of carbonyl (C=O) groups excluding carboxylic acids is 1. The van der Waals surface area contributed by atoms with Crippen LogP contribution < -0.4 is 5.32 Å². The monoisotopic (exact) mass is 307 g/mol. The summed E-state index contributed by atoms with van der Waals surface area (Å²) in [5.41, 5.74) is -0.0733. The molecule has 22 heavy (non-hydrogen) atoms. The second-order valence-electron chi connectivity index (χ2n) is 5.88. The minimum absolute atomic E-state index is 0.0226. The molecule has 5 heteroatoms. The zero-order valence-corrected chi connectivity index (χ0v) is 13.6. The Hall–Kier alpha value is -1.88. The number of carboxylic acid groups (broad SMARTS) is 1. The van der Waals surface area contributed by atoms with Crippen LogP contribution in [0.2, 0.25) is 0 Å². The number of carbonyl (C=O) groups is 2. The molecule has 2 unspecified atom stereocenters. The average Bonchev–Trinajstić information content (AvgIpc) is 2.44. The van der Waals surface area contributed by atoms with Crippen molar-refractivity contribution in [1.82, 2.24) is 5.32 Å². The van der Waals surface area contributed by atoms with Gasteiger partial charge in [-0.25, -0.2) is 0 Å². The maximum Gasteiger partial charge on any atom is 0.305 e. The van der Waals surface area contributed by atoms with Gasteiger partial charge in [-0.2, -0.15) is 0 Å². The van der Waals surface area contributed by atoms with E-state index in [2.05, 4.69) is 5.32 Å². The molecular weight excluding hydrogens is 282 g/mol. The normalized spacial score (nSPS) is 15.1. The summed E-state index contributed by atoms with van der Waals surface area (Å²) in [6.45, 7) is 7.74. The maximum atomic E-state index is 12.6. The van der Waals surface area contributed by atoms with Gasteiger partial charge in [0.25, 0.3) is 5.91 Å². The van der Waals surface area contributed by atoms with Gasteiger partial charge in [-0.05, 0) is 25.3 Å². The number of hydrogen-bond donors (Lipinski definition) is 2. The van der Waals surface area contributed by atoms with E-state index in [0.717, 1.165) is 5.56 Å². The molecule has 0 heterocycles. The fourth-order valence-electron chi connectivity index (χ4n) is 2.17. The van der Waals surface area contributed by atoms with Crippen LogP contribution in [-0.4, -0.2) is 29.1 Å². The summed E-state index contributed by atoms with van der Waals surface area (Å²) < 4.78 is 5.56. The van der Waals surface area contributed by atoms with E-state index in [4.69, 9.17) is 9.84 Å². The molecule has 0 spiro atoms. The fraction of sp³-hybridized carbons (Fsp3) is 0.529. The molecule has 0 aromatic heterocycles. The van der Waals surface area contributed by atoms with Crippen molar-refractivity contribution in [3.8, 4) is 0 Å². The summed E-state index contributed by atoms with van der Waals surface area (Å²) in [6, 6.07) is 9.20. The van der Waals surface area contributed by atoms with Gasteiger partial charge in [0.2, 0.25) is 0 Å². The molecule has 2 N–H and O–H groups in total. The van der Waals surface area contributed by atoms with Crippen LogP contribution in [0.5, 0.6) is 0 Å². The molecule has 2 atom stereocenters. The van der Waals surface area contributed by atoms with Crippen LogP contribution in [0.1, 0.15) is 45.8 Å². The highest BCUT2D eigenvalue weighted by Gasteiger charge is 2.35. The highest BCUT2D eigenvalue weighted by atomic mass is 16.5. The number of aliphatic carboxylic acids is 1. The SMILES string of the molecule is CCOC(C(=O)NC(C)(CC(=O)O)C(C)C)c1ccccc1. The van der Waals surface area contributed by atoms with E-state index in [1.54, 1.807) is 6.92 Å². The second-order valence-corrected chi connectivity index (χ2v) is 5.88. The van der Waals surface area contributed by atoms with Crippen LogP contribution in [-0.2, 0) is 14.3 Å². The third kappa shape index (κ3) is 4.84. The highest BCUT2D eigenvalue weighted by Crippen LogP contribution is 2.24. The predicted octanol–water partition coefficient (Wildman–Crippen LogP) is 2.77. The standard InChI is InChI=1S/C17H25NO4/c1-5-22-15(13-9-7-6-8-10-13)16(21)18-17(4,12(2)3)11-14(19)20/h6-10,12,15H,5,11H2,1-4H3,(H,18,21)(H,19,20). The number of ether oxygens (including phenoxy) is 1. The molecule has 1 aromatic carbocycles. The Labute approximate surface area is 131 Å². The Kier molecular flexibility index (Phi) is 6.56. The summed E-state index contributed by atoms with van der Waals surface area (Å²) >= 11 is 0. The van der Waals surface area contributed by atoms with Gasteiger partial charge >= 0.3 is 5.97 Å². The number of hydrogen-bond acceptors (Lipinski definition) is 3. The van der Waals surface area contributed by atoms with Crippen LogP contribution in [0.4, 0.5) is 0 Å². The number of amides is 1. The molecule has 1 amide bonds.